The van der Waals surface area contributed by atoms with E-state index in [1.54, 1.807) is 6.08 Å². The summed E-state index contributed by atoms with van der Waals surface area (Å²) >= 11 is 0. The topological polar surface area (TPSA) is 222 Å². The number of ether oxygens (including phenoxy) is 5. The molecule has 0 aromatic heterocycles. The Labute approximate surface area is 329 Å². The van der Waals surface area contributed by atoms with E-state index in [4.69, 9.17) is 23.7 Å². The van der Waals surface area contributed by atoms with Gasteiger partial charge in [-0.1, -0.05) is 39.3 Å². The van der Waals surface area contributed by atoms with E-state index in [9.17, 15) is 45.3 Å². The molecule has 2 heterocycles. The van der Waals surface area contributed by atoms with Crippen LogP contribution in [-0.4, -0.2) is 122 Å². The molecule has 4 saturated carbocycles. The van der Waals surface area contributed by atoms with Crippen molar-refractivity contribution in [2.45, 2.75) is 168 Å². The molecule has 2 aliphatic heterocycles. The van der Waals surface area contributed by atoms with Crippen LogP contribution >= 0.6 is 0 Å². The largest absolute Gasteiger partial charge is 0.478 e. The van der Waals surface area contributed by atoms with Crippen LogP contribution in [0, 0.1) is 39.9 Å². The molecule has 6 aliphatic rings. The van der Waals surface area contributed by atoms with E-state index in [1.165, 1.54) is 13.0 Å². The number of hydrogen-bond acceptors (Lipinski definition) is 13. The van der Waals surface area contributed by atoms with Gasteiger partial charge in [0.15, 0.2) is 18.9 Å². The average Bonchev–Trinajstić information content (AvgIpc) is 3.39. The SMILES string of the molecule is CC(=O)O[C@H]1C[C@@]2(C)[C@@H](C[C@@H](O)C3[C@@]4(C)CC[C@@H](O[C@@H]5C=C[C@H](OC6O[C@H](CO)[C@@H](O)[C@H](O)[C@H]6O)[C@@H](O)O5)[C@@H](C)C4CC[C@@]32C)/C1=C(\CCC=C(C)C)C(=O)O. The highest BCUT2D eigenvalue weighted by Crippen LogP contribution is 2.74. The van der Waals surface area contributed by atoms with Gasteiger partial charge in [0.1, 0.15) is 36.6 Å². The molecular weight excluding hydrogens is 728 g/mol. The van der Waals surface area contributed by atoms with Gasteiger partial charge in [-0.05, 0) is 123 Å². The molecule has 6 rings (SSSR count). The Kier molecular flexibility index (Phi) is 12.7. The van der Waals surface area contributed by atoms with Crippen LogP contribution in [0.2, 0.25) is 0 Å². The number of aliphatic hydroxyl groups is 6. The van der Waals surface area contributed by atoms with E-state index < -0.39 is 85.6 Å². The summed E-state index contributed by atoms with van der Waals surface area (Å²) in [5.74, 6) is -1.55. The summed E-state index contributed by atoms with van der Waals surface area (Å²) in [5.41, 5.74) is 0.974. The molecule has 0 spiro atoms. The summed E-state index contributed by atoms with van der Waals surface area (Å²) in [5, 5.41) is 73.8. The second-order valence-electron chi connectivity index (χ2n) is 18.3. The summed E-state index contributed by atoms with van der Waals surface area (Å²) < 4.78 is 29.3. The molecule has 0 radical (unpaired) electrons. The number of carbonyl (C=O) groups is 2. The third kappa shape index (κ3) is 7.57. The van der Waals surface area contributed by atoms with Gasteiger partial charge in [0.05, 0.1) is 18.8 Å². The number of aliphatic carboxylic acids is 1. The number of fused-ring (bicyclic) bond motifs is 5. The van der Waals surface area contributed by atoms with Gasteiger partial charge in [-0.25, -0.2) is 4.79 Å². The minimum absolute atomic E-state index is 0.0646. The van der Waals surface area contributed by atoms with Crippen LogP contribution in [0.3, 0.4) is 0 Å². The monoisotopic (exact) mass is 792 g/mol. The first-order chi connectivity index (χ1) is 26.3. The molecule has 0 aromatic rings. The minimum Gasteiger partial charge on any atom is -0.478 e. The Morgan fingerprint density at radius 1 is 0.929 bits per heavy atom. The summed E-state index contributed by atoms with van der Waals surface area (Å²) in [4.78, 5) is 25.3. The molecule has 7 N–H and O–H groups in total. The zero-order valence-corrected chi connectivity index (χ0v) is 33.7. The second kappa shape index (κ2) is 16.4. The van der Waals surface area contributed by atoms with Crippen LogP contribution in [0.5, 0.6) is 0 Å². The van der Waals surface area contributed by atoms with Crippen molar-refractivity contribution < 1.29 is 69.0 Å². The van der Waals surface area contributed by atoms with Gasteiger partial charge in [-0.15, -0.1) is 0 Å². The number of rotatable bonds is 10. The van der Waals surface area contributed by atoms with Crippen molar-refractivity contribution in [2.24, 2.45) is 39.9 Å². The zero-order valence-electron chi connectivity index (χ0n) is 33.7. The molecule has 0 bridgehead atoms. The van der Waals surface area contributed by atoms with Crippen LogP contribution in [0.15, 0.2) is 34.9 Å². The number of carboxylic acid groups (broad SMARTS) is 1. The van der Waals surface area contributed by atoms with E-state index in [-0.39, 0.29) is 40.6 Å². The highest BCUT2D eigenvalue weighted by Gasteiger charge is 2.71. The van der Waals surface area contributed by atoms with Crippen molar-refractivity contribution in [1.29, 1.82) is 0 Å². The molecule has 1 saturated heterocycles. The van der Waals surface area contributed by atoms with Crippen molar-refractivity contribution in [3.05, 3.63) is 34.9 Å². The van der Waals surface area contributed by atoms with Crippen LogP contribution in [0.25, 0.3) is 0 Å². The van der Waals surface area contributed by atoms with Crippen LogP contribution in [0.4, 0.5) is 0 Å². The van der Waals surface area contributed by atoms with Crippen molar-refractivity contribution in [1.82, 2.24) is 0 Å². The summed E-state index contributed by atoms with van der Waals surface area (Å²) in [6, 6.07) is 0. The lowest BCUT2D eigenvalue weighted by Crippen LogP contribution is -2.65. The van der Waals surface area contributed by atoms with Gasteiger partial charge >= 0.3 is 11.9 Å². The molecule has 18 atom stereocenters. The van der Waals surface area contributed by atoms with Crippen molar-refractivity contribution in [2.75, 3.05) is 6.61 Å². The fraction of sp³-hybridized carbons (Fsp3) is 0.810. The van der Waals surface area contributed by atoms with Crippen molar-refractivity contribution >= 4 is 11.9 Å². The van der Waals surface area contributed by atoms with E-state index in [0.717, 1.165) is 24.8 Å². The third-order valence-corrected chi connectivity index (χ3v) is 15.0. The van der Waals surface area contributed by atoms with Crippen LogP contribution < -0.4 is 0 Å². The van der Waals surface area contributed by atoms with Gasteiger partial charge in [0.25, 0.3) is 0 Å². The summed E-state index contributed by atoms with van der Waals surface area (Å²) in [6.07, 6.45) is -2.42. The predicted octanol–water partition coefficient (Wildman–Crippen LogP) is 3.11. The van der Waals surface area contributed by atoms with Gasteiger partial charge in [-0.2, -0.15) is 0 Å². The first kappa shape index (κ1) is 43.3. The third-order valence-electron chi connectivity index (χ3n) is 15.0. The molecule has 14 nitrogen and oxygen atoms in total. The molecular formula is C42H64O14. The zero-order chi connectivity index (χ0) is 41.1. The quantitative estimate of drug-likeness (QED) is 0.0961. The van der Waals surface area contributed by atoms with Crippen molar-refractivity contribution in [3.63, 3.8) is 0 Å². The predicted molar refractivity (Wildman–Crippen MR) is 200 cm³/mol. The second-order valence-corrected chi connectivity index (χ2v) is 18.3. The smallest absolute Gasteiger partial charge is 0.331 e. The molecule has 4 aliphatic carbocycles. The van der Waals surface area contributed by atoms with Gasteiger partial charge in [-0.3, -0.25) is 4.79 Å². The maximum atomic E-state index is 12.9. The molecule has 5 fully saturated rings. The van der Waals surface area contributed by atoms with Gasteiger partial charge < -0.3 is 59.4 Å². The number of allylic oxidation sites excluding steroid dienone is 2. The molecule has 316 valence electrons. The Morgan fingerprint density at radius 3 is 2.27 bits per heavy atom. The molecule has 14 heteroatoms. The van der Waals surface area contributed by atoms with Crippen molar-refractivity contribution in [3.8, 4) is 0 Å². The number of esters is 1. The van der Waals surface area contributed by atoms with E-state index in [0.29, 0.717) is 43.3 Å². The molecule has 56 heavy (non-hydrogen) atoms. The summed E-state index contributed by atoms with van der Waals surface area (Å²) in [6.45, 7) is 13.7. The highest BCUT2D eigenvalue weighted by molar-refractivity contribution is 5.88. The minimum atomic E-state index is -1.63. The fourth-order valence-electron chi connectivity index (χ4n) is 12.2. The number of hydrogen-bond donors (Lipinski definition) is 7. The van der Waals surface area contributed by atoms with E-state index >= 15 is 0 Å². The lowest BCUT2D eigenvalue weighted by Gasteiger charge is -2.69. The maximum Gasteiger partial charge on any atom is 0.331 e. The Hall–Kier alpha value is -2.24. The summed E-state index contributed by atoms with van der Waals surface area (Å²) in [7, 11) is 0. The molecule has 0 aromatic carbocycles. The average molecular weight is 793 g/mol. The standard InChI is InChI=1S/C42H64O14/c1-20(2)9-8-10-23(37(49)50)32-25-17-26(45)36-40(5)15-14-27(21(3)24(40)13-16-41(36,6)42(25,7)18-29(32)52-22(4)44)53-31-12-11-28(38(51)56-31)54-39-35(48)34(47)33(46)30(19-43)55-39/h9,11-12,21,24-31,33-36,38-39,43,45-48,51H,8,10,13-19H2,1-7H3,(H,49,50)/b32-23-/t21-,24?,25-,26+,27+,28-,29-,30+,31-,33+,34-,35+,36?,38-,39?,40-,41-,42-/m0/s1. The normalized spacial score (nSPS) is 48.3. The number of carbonyl (C=O) groups excluding carboxylic acids is 1. The number of aliphatic hydroxyl groups excluding tert-OH is 6. The number of carboxylic acids is 1. The van der Waals surface area contributed by atoms with E-state index in [1.807, 2.05) is 19.9 Å². The van der Waals surface area contributed by atoms with Gasteiger partial charge in [0.2, 0.25) is 0 Å². The molecule has 3 unspecified atom stereocenters. The lowest BCUT2D eigenvalue weighted by atomic mass is 9.36. The highest BCUT2D eigenvalue weighted by atomic mass is 16.8. The molecule has 0 amide bonds. The van der Waals surface area contributed by atoms with Crippen LogP contribution in [0.1, 0.15) is 99.8 Å². The Balaban J connectivity index is 1.18. The maximum absolute atomic E-state index is 12.9. The van der Waals surface area contributed by atoms with E-state index in [2.05, 4.69) is 27.7 Å². The Bertz CT molecular complexity index is 1550. The first-order valence-corrected chi connectivity index (χ1v) is 20.4. The Morgan fingerprint density at radius 2 is 1.64 bits per heavy atom. The fourth-order valence-corrected chi connectivity index (χ4v) is 12.2. The van der Waals surface area contributed by atoms with Crippen LogP contribution in [-0.2, 0) is 33.3 Å². The first-order valence-electron chi connectivity index (χ1n) is 20.4. The van der Waals surface area contributed by atoms with Gasteiger partial charge in [0, 0.05) is 12.5 Å². The lowest BCUT2D eigenvalue weighted by molar-refractivity contribution is -0.336.